The van der Waals surface area contributed by atoms with Crippen molar-refractivity contribution in [1.29, 1.82) is 0 Å². The Kier molecular flexibility index (Phi) is 3.78. The average molecular weight is 338 g/mol. The zero-order valence-electron chi connectivity index (χ0n) is 10.7. The SMILES string of the molecule is Fc1ccc(Br)c(CNc2ccc3c(c2)OCCO3)c1. The fourth-order valence-electron chi connectivity index (χ4n) is 2.03. The Morgan fingerprint density at radius 1 is 1.05 bits per heavy atom. The number of nitrogens with one attached hydrogen (secondary N) is 1. The summed E-state index contributed by atoms with van der Waals surface area (Å²) in [6, 6.07) is 10.3. The Morgan fingerprint density at radius 3 is 2.70 bits per heavy atom. The molecule has 1 N–H and O–H groups in total. The van der Waals surface area contributed by atoms with E-state index < -0.39 is 0 Å². The molecule has 104 valence electrons. The third-order valence-electron chi connectivity index (χ3n) is 3.03. The maximum Gasteiger partial charge on any atom is 0.163 e. The van der Waals surface area contributed by atoms with Crippen molar-refractivity contribution in [2.24, 2.45) is 0 Å². The number of benzene rings is 2. The molecule has 0 saturated heterocycles. The monoisotopic (exact) mass is 337 g/mol. The fraction of sp³-hybridized carbons (Fsp3) is 0.200. The predicted octanol–water partition coefficient (Wildman–Crippen LogP) is 3.97. The summed E-state index contributed by atoms with van der Waals surface area (Å²) in [6.45, 7) is 1.67. The largest absolute Gasteiger partial charge is 0.486 e. The first-order valence-electron chi connectivity index (χ1n) is 6.30. The number of hydrogen-bond donors (Lipinski definition) is 1. The Bertz CT molecular complexity index is 633. The lowest BCUT2D eigenvalue weighted by Gasteiger charge is -2.19. The molecule has 0 saturated carbocycles. The zero-order valence-corrected chi connectivity index (χ0v) is 12.2. The summed E-state index contributed by atoms with van der Waals surface area (Å²) in [5.74, 6) is 1.25. The van der Waals surface area contributed by atoms with Gasteiger partial charge in [0.25, 0.3) is 0 Å². The van der Waals surface area contributed by atoms with E-state index in [9.17, 15) is 4.39 Å². The van der Waals surface area contributed by atoms with Crippen LogP contribution >= 0.6 is 15.9 Å². The minimum atomic E-state index is -0.243. The van der Waals surface area contributed by atoms with Crippen LogP contribution in [0.4, 0.5) is 10.1 Å². The van der Waals surface area contributed by atoms with Crippen LogP contribution in [0.15, 0.2) is 40.9 Å². The minimum absolute atomic E-state index is 0.243. The van der Waals surface area contributed by atoms with Crippen molar-refractivity contribution in [3.63, 3.8) is 0 Å². The van der Waals surface area contributed by atoms with Crippen LogP contribution in [-0.2, 0) is 6.54 Å². The molecular formula is C15H13BrFNO2. The Hall–Kier alpha value is -1.75. The molecule has 0 radical (unpaired) electrons. The van der Waals surface area contributed by atoms with Gasteiger partial charge in [-0.1, -0.05) is 15.9 Å². The Balaban J connectivity index is 1.73. The van der Waals surface area contributed by atoms with Crippen molar-refractivity contribution >= 4 is 21.6 Å². The molecule has 0 fully saturated rings. The van der Waals surface area contributed by atoms with Gasteiger partial charge in [0, 0.05) is 22.8 Å². The summed E-state index contributed by atoms with van der Waals surface area (Å²) in [5.41, 5.74) is 1.77. The van der Waals surface area contributed by atoms with Gasteiger partial charge in [-0.2, -0.15) is 0 Å². The molecule has 20 heavy (non-hydrogen) atoms. The lowest BCUT2D eigenvalue weighted by atomic mass is 10.2. The van der Waals surface area contributed by atoms with Crippen LogP contribution < -0.4 is 14.8 Å². The maximum atomic E-state index is 13.2. The van der Waals surface area contributed by atoms with Crippen LogP contribution in [0.25, 0.3) is 0 Å². The summed E-state index contributed by atoms with van der Waals surface area (Å²) in [7, 11) is 0. The molecule has 1 aliphatic rings. The van der Waals surface area contributed by atoms with Crippen molar-refractivity contribution in [3.05, 3.63) is 52.3 Å². The van der Waals surface area contributed by atoms with Crippen molar-refractivity contribution in [1.82, 2.24) is 0 Å². The Labute approximate surface area is 124 Å². The van der Waals surface area contributed by atoms with E-state index in [0.29, 0.717) is 19.8 Å². The molecule has 0 amide bonds. The molecule has 0 atom stereocenters. The van der Waals surface area contributed by atoms with Gasteiger partial charge in [-0.15, -0.1) is 0 Å². The third kappa shape index (κ3) is 2.88. The molecule has 0 bridgehead atoms. The minimum Gasteiger partial charge on any atom is -0.486 e. The smallest absolute Gasteiger partial charge is 0.163 e. The maximum absolute atomic E-state index is 13.2. The first-order chi connectivity index (χ1) is 9.72. The first kappa shape index (κ1) is 13.2. The van der Waals surface area contributed by atoms with Gasteiger partial charge in [-0.05, 0) is 35.9 Å². The van der Waals surface area contributed by atoms with E-state index >= 15 is 0 Å². The number of anilines is 1. The average Bonchev–Trinajstić information content (AvgIpc) is 2.48. The van der Waals surface area contributed by atoms with Gasteiger partial charge in [0.2, 0.25) is 0 Å². The topological polar surface area (TPSA) is 30.5 Å². The van der Waals surface area contributed by atoms with Crippen LogP contribution in [0, 0.1) is 5.82 Å². The highest BCUT2D eigenvalue weighted by Gasteiger charge is 2.11. The molecular weight excluding hydrogens is 325 g/mol. The highest BCUT2D eigenvalue weighted by Crippen LogP contribution is 2.32. The van der Waals surface area contributed by atoms with E-state index in [2.05, 4.69) is 21.2 Å². The standard InChI is InChI=1S/C15H13BrFNO2/c16-13-3-1-11(17)7-10(13)9-18-12-2-4-14-15(8-12)20-6-5-19-14/h1-4,7-8,18H,5-6,9H2. The van der Waals surface area contributed by atoms with Crippen LogP contribution in [0.1, 0.15) is 5.56 Å². The van der Waals surface area contributed by atoms with Crippen LogP contribution in [0.2, 0.25) is 0 Å². The normalized spacial score (nSPS) is 13.1. The number of halogens is 2. The fourth-order valence-corrected chi connectivity index (χ4v) is 2.42. The molecule has 0 spiro atoms. The third-order valence-corrected chi connectivity index (χ3v) is 3.81. The first-order valence-corrected chi connectivity index (χ1v) is 7.09. The number of hydrogen-bond acceptors (Lipinski definition) is 3. The molecule has 2 aromatic rings. The van der Waals surface area contributed by atoms with Crippen LogP contribution in [0.5, 0.6) is 11.5 Å². The van der Waals surface area contributed by atoms with Crippen molar-refractivity contribution in [3.8, 4) is 11.5 Å². The number of rotatable bonds is 3. The lowest BCUT2D eigenvalue weighted by molar-refractivity contribution is 0.171. The van der Waals surface area contributed by atoms with Crippen molar-refractivity contribution < 1.29 is 13.9 Å². The molecule has 5 heteroatoms. The number of ether oxygens (including phenoxy) is 2. The highest BCUT2D eigenvalue weighted by atomic mass is 79.9. The second-order valence-electron chi connectivity index (χ2n) is 4.45. The van der Waals surface area contributed by atoms with E-state index in [-0.39, 0.29) is 5.82 Å². The van der Waals surface area contributed by atoms with Crippen LogP contribution in [-0.4, -0.2) is 13.2 Å². The van der Waals surface area contributed by atoms with Gasteiger partial charge in [0.1, 0.15) is 19.0 Å². The summed E-state index contributed by atoms with van der Waals surface area (Å²) >= 11 is 3.41. The summed E-state index contributed by atoms with van der Waals surface area (Å²) in [5, 5.41) is 3.25. The molecule has 3 rings (SSSR count). The molecule has 0 aliphatic carbocycles. The zero-order chi connectivity index (χ0) is 13.9. The summed E-state index contributed by atoms with van der Waals surface area (Å²) in [6.07, 6.45) is 0. The molecule has 1 aliphatic heterocycles. The molecule has 2 aromatic carbocycles. The molecule has 0 aromatic heterocycles. The summed E-state index contributed by atoms with van der Waals surface area (Å²) in [4.78, 5) is 0. The predicted molar refractivity (Wildman–Crippen MR) is 78.9 cm³/mol. The quantitative estimate of drug-likeness (QED) is 0.919. The highest BCUT2D eigenvalue weighted by molar-refractivity contribution is 9.10. The van der Waals surface area contributed by atoms with E-state index in [1.807, 2.05) is 18.2 Å². The van der Waals surface area contributed by atoms with E-state index in [1.165, 1.54) is 12.1 Å². The second kappa shape index (κ2) is 5.71. The molecule has 3 nitrogen and oxygen atoms in total. The summed E-state index contributed by atoms with van der Waals surface area (Å²) < 4.78 is 25.1. The molecule has 0 unspecified atom stereocenters. The number of fused-ring (bicyclic) bond motifs is 1. The van der Waals surface area contributed by atoms with Gasteiger partial charge in [0.15, 0.2) is 11.5 Å². The van der Waals surface area contributed by atoms with Gasteiger partial charge >= 0.3 is 0 Å². The van der Waals surface area contributed by atoms with E-state index in [4.69, 9.17) is 9.47 Å². The Morgan fingerprint density at radius 2 is 1.85 bits per heavy atom. The van der Waals surface area contributed by atoms with Crippen molar-refractivity contribution in [2.45, 2.75) is 6.54 Å². The van der Waals surface area contributed by atoms with Gasteiger partial charge in [-0.25, -0.2) is 4.39 Å². The van der Waals surface area contributed by atoms with Gasteiger partial charge in [-0.3, -0.25) is 0 Å². The molecule has 1 heterocycles. The van der Waals surface area contributed by atoms with E-state index in [0.717, 1.165) is 27.2 Å². The lowest BCUT2D eigenvalue weighted by Crippen LogP contribution is -2.15. The van der Waals surface area contributed by atoms with Gasteiger partial charge in [0.05, 0.1) is 0 Å². The van der Waals surface area contributed by atoms with Gasteiger partial charge < -0.3 is 14.8 Å². The van der Waals surface area contributed by atoms with E-state index in [1.54, 1.807) is 6.07 Å². The van der Waals surface area contributed by atoms with Crippen molar-refractivity contribution in [2.75, 3.05) is 18.5 Å². The van der Waals surface area contributed by atoms with Crippen LogP contribution in [0.3, 0.4) is 0 Å². The second-order valence-corrected chi connectivity index (χ2v) is 5.30.